The Balaban J connectivity index is 2.06. The van der Waals surface area contributed by atoms with Crippen LogP contribution in [0.4, 0.5) is 0 Å². The molecule has 0 aliphatic carbocycles. The van der Waals surface area contributed by atoms with Gasteiger partial charge in [0, 0.05) is 5.02 Å². The van der Waals surface area contributed by atoms with Gasteiger partial charge in [0.2, 0.25) is 5.82 Å². The van der Waals surface area contributed by atoms with E-state index in [1.54, 1.807) is 24.3 Å². The molecule has 7 nitrogen and oxygen atoms in total. The van der Waals surface area contributed by atoms with E-state index in [0.29, 0.717) is 10.6 Å². The van der Waals surface area contributed by atoms with Crippen molar-refractivity contribution in [1.82, 2.24) is 20.2 Å². The number of hydrogen-bond acceptors (Lipinski definition) is 5. The van der Waals surface area contributed by atoms with E-state index in [1.807, 2.05) is 5.43 Å². The van der Waals surface area contributed by atoms with Gasteiger partial charge in [0.15, 0.2) is 0 Å². The second-order valence-electron chi connectivity index (χ2n) is 3.83. The molecule has 0 aliphatic heterocycles. The van der Waals surface area contributed by atoms with Crippen molar-refractivity contribution in [3.05, 3.63) is 47.0 Å². The summed E-state index contributed by atoms with van der Waals surface area (Å²) in [6.07, 6.45) is 0.580. The lowest BCUT2D eigenvalue weighted by atomic mass is 10.1. The third kappa shape index (κ3) is 3.28. The van der Waals surface area contributed by atoms with Crippen LogP contribution in [-0.4, -0.2) is 25.8 Å². The van der Waals surface area contributed by atoms with E-state index in [-0.39, 0.29) is 12.4 Å². The third-order valence-electron chi connectivity index (χ3n) is 2.49. The topological polar surface area (TPSA) is 106 Å². The second kappa shape index (κ2) is 5.79. The van der Waals surface area contributed by atoms with Crippen LogP contribution in [0.3, 0.4) is 0 Å². The SMILES string of the molecule is NNC(=O)c1ncn(C[C@@H](O)c2ccc(Cl)cc2)n1. The van der Waals surface area contributed by atoms with Gasteiger partial charge in [-0.25, -0.2) is 15.5 Å². The number of hydrazine groups is 1. The normalized spacial score (nSPS) is 12.2. The van der Waals surface area contributed by atoms with E-state index in [0.717, 1.165) is 0 Å². The number of aliphatic hydroxyl groups excluding tert-OH is 1. The third-order valence-corrected chi connectivity index (χ3v) is 2.74. The Morgan fingerprint density at radius 2 is 2.16 bits per heavy atom. The largest absolute Gasteiger partial charge is 0.386 e. The Morgan fingerprint density at radius 1 is 1.47 bits per heavy atom. The Labute approximate surface area is 114 Å². The Bertz CT molecular complexity index is 569. The van der Waals surface area contributed by atoms with Gasteiger partial charge in [-0.3, -0.25) is 10.2 Å². The van der Waals surface area contributed by atoms with Crippen molar-refractivity contribution in [2.75, 3.05) is 0 Å². The number of aliphatic hydroxyl groups is 1. The zero-order valence-electron chi connectivity index (χ0n) is 9.82. The summed E-state index contributed by atoms with van der Waals surface area (Å²) in [6.45, 7) is 0.173. The molecule has 0 fully saturated rings. The summed E-state index contributed by atoms with van der Waals surface area (Å²) >= 11 is 5.77. The van der Waals surface area contributed by atoms with Gasteiger partial charge < -0.3 is 5.11 Å². The van der Waals surface area contributed by atoms with Crippen molar-refractivity contribution in [2.24, 2.45) is 5.84 Å². The maximum atomic E-state index is 11.2. The summed E-state index contributed by atoms with van der Waals surface area (Å²) in [4.78, 5) is 14.9. The molecule has 1 aromatic heterocycles. The maximum Gasteiger partial charge on any atom is 0.304 e. The van der Waals surface area contributed by atoms with E-state index < -0.39 is 12.0 Å². The van der Waals surface area contributed by atoms with Crippen molar-refractivity contribution in [1.29, 1.82) is 0 Å². The van der Waals surface area contributed by atoms with Crippen LogP contribution in [0.5, 0.6) is 0 Å². The summed E-state index contributed by atoms with van der Waals surface area (Å²) in [5.41, 5.74) is 2.63. The molecule has 2 aromatic rings. The van der Waals surface area contributed by atoms with Crippen molar-refractivity contribution in [3.8, 4) is 0 Å². The van der Waals surface area contributed by atoms with Gasteiger partial charge in [-0.1, -0.05) is 23.7 Å². The molecule has 0 saturated carbocycles. The predicted octanol–water partition coefficient (Wildman–Crippen LogP) is 0.269. The van der Waals surface area contributed by atoms with Gasteiger partial charge in [0.25, 0.3) is 0 Å². The van der Waals surface area contributed by atoms with Gasteiger partial charge in [0.1, 0.15) is 6.33 Å². The fourth-order valence-electron chi connectivity index (χ4n) is 1.52. The summed E-state index contributed by atoms with van der Waals surface area (Å²) in [5, 5.41) is 14.5. The molecule has 1 heterocycles. The summed E-state index contributed by atoms with van der Waals surface area (Å²) in [6, 6.07) is 6.82. The van der Waals surface area contributed by atoms with Crippen molar-refractivity contribution >= 4 is 17.5 Å². The molecule has 8 heteroatoms. The van der Waals surface area contributed by atoms with Crippen LogP contribution in [-0.2, 0) is 6.54 Å². The average Bonchev–Trinajstić information content (AvgIpc) is 2.87. The van der Waals surface area contributed by atoms with Gasteiger partial charge >= 0.3 is 5.91 Å². The minimum Gasteiger partial charge on any atom is -0.386 e. The van der Waals surface area contributed by atoms with Crippen LogP contribution in [0.25, 0.3) is 0 Å². The Kier molecular flexibility index (Phi) is 4.10. The lowest BCUT2D eigenvalue weighted by molar-refractivity contribution is 0.0941. The van der Waals surface area contributed by atoms with Crippen LogP contribution in [0.1, 0.15) is 22.3 Å². The zero-order chi connectivity index (χ0) is 13.8. The number of carbonyl (C=O) groups excluding carboxylic acids is 1. The van der Waals surface area contributed by atoms with Crippen molar-refractivity contribution in [3.63, 3.8) is 0 Å². The second-order valence-corrected chi connectivity index (χ2v) is 4.27. The summed E-state index contributed by atoms with van der Waals surface area (Å²) in [5.74, 6) is 4.34. The van der Waals surface area contributed by atoms with E-state index in [4.69, 9.17) is 17.4 Å². The molecule has 0 bridgehead atoms. The van der Waals surface area contributed by atoms with E-state index in [2.05, 4.69) is 10.1 Å². The molecule has 1 amide bonds. The maximum absolute atomic E-state index is 11.2. The monoisotopic (exact) mass is 281 g/mol. The molecule has 19 heavy (non-hydrogen) atoms. The van der Waals surface area contributed by atoms with Crippen LogP contribution < -0.4 is 11.3 Å². The molecule has 0 radical (unpaired) electrons. The fourth-order valence-corrected chi connectivity index (χ4v) is 1.64. The fraction of sp³-hybridized carbons (Fsp3) is 0.182. The summed E-state index contributed by atoms with van der Waals surface area (Å²) < 4.78 is 1.36. The molecule has 0 saturated heterocycles. The van der Waals surface area contributed by atoms with E-state index in [9.17, 15) is 9.90 Å². The van der Waals surface area contributed by atoms with Gasteiger partial charge in [-0.2, -0.15) is 0 Å². The Hall–Kier alpha value is -1.96. The molecule has 2 rings (SSSR count). The van der Waals surface area contributed by atoms with Crippen LogP contribution in [0, 0.1) is 0 Å². The number of aromatic nitrogens is 3. The quantitative estimate of drug-likeness (QED) is 0.424. The van der Waals surface area contributed by atoms with Crippen LogP contribution >= 0.6 is 11.6 Å². The first kappa shape index (κ1) is 13.5. The first-order valence-corrected chi connectivity index (χ1v) is 5.82. The number of nitrogens with one attached hydrogen (secondary N) is 1. The molecule has 1 aromatic carbocycles. The highest BCUT2D eigenvalue weighted by Gasteiger charge is 2.13. The highest BCUT2D eigenvalue weighted by Crippen LogP contribution is 2.17. The number of carbonyl (C=O) groups is 1. The number of amides is 1. The number of rotatable bonds is 4. The molecular weight excluding hydrogens is 270 g/mol. The van der Waals surface area contributed by atoms with Crippen molar-refractivity contribution < 1.29 is 9.90 Å². The average molecular weight is 282 g/mol. The molecule has 4 N–H and O–H groups in total. The molecule has 0 unspecified atom stereocenters. The molecular formula is C11H12ClN5O2. The number of nitrogen functional groups attached to an aromatic ring is 1. The predicted molar refractivity (Wildman–Crippen MR) is 68.1 cm³/mol. The van der Waals surface area contributed by atoms with Crippen LogP contribution in [0.2, 0.25) is 5.02 Å². The molecule has 1 atom stereocenters. The molecule has 0 spiro atoms. The highest BCUT2D eigenvalue weighted by atomic mass is 35.5. The van der Waals surface area contributed by atoms with Gasteiger partial charge in [-0.15, -0.1) is 5.10 Å². The number of nitrogens with zero attached hydrogens (tertiary/aromatic N) is 3. The molecule has 0 aliphatic rings. The van der Waals surface area contributed by atoms with E-state index in [1.165, 1.54) is 11.0 Å². The lowest BCUT2D eigenvalue weighted by Crippen LogP contribution is -2.31. The smallest absolute Gasteiger partial charge is 0.304 e. The van der Waals surface area contributed by atoms with E-state index >= 15 is 0 Å². The van der Waals surface area contributed by atoms with Crippen molar-refractivity contribution in [2.45, 2.75) is 12.6 Å². The number of hydrogen-bond donors (Lipinski definition) is 3. The van der Waals surface area contributed by atoms with Gasteiger partial charge in [0.05, 0.1) is 12.6 Å². The first-order chi connectivity index (χ1) is 9.10. The highest BCUT2D eigenvalue weighted by molar-refractivity contribution is 6.30. The van der Waals surface area contributed by atoms with Gasteiger partial charge in [-0.05, 0) is 17.7 Å². The molecule has 100 valence electrons. The first-order valence-electron chi connectivity index (χ1n) is 5.44. The Morgan fingerprint density at radius 3 is 2.79 bits per heavy atom. The van der Waals surface area contributed by atoms with Crippen LogP contribution in [0.15, 0.2) is 30.6 Å². The number of benzene rings is 1. The number of halogens is 1. The zero-order valence-corrected chi connectivity index (χ0v) is 10.6. The standard InChI is InChI=1S/C11H12ClN5O2/c12-8-3-1-7(2-4-8)9(18)5-17-6-14-10(16-17)11(19)15-13/h1-4,6,9,18H,5,13H2,(H,15,19)/t9-/m1/s1. The minimum absolute atomic E-state index is 0.0502. The number of nitrogens with two attached hydrogens (primary N) is 1. The summed E-state index contributed by atoms with van der Waals surface area (Å²) in [7, 11) is 0. The minimum atomic E-state index is -0.771. The lowest BCUT2D eigenvalue weighted by Gasteiger charge is -2.10.